The van der Waals surface area contributed by atoms with Gasteiger partial charge in [-0.05, 0) is 17.4 Å². The van der Waals surface area contributed by atoms with Gasteiger partial charge < -0.3 is 15.0 Å². The Bertz CT molecular complexity index is 567. The largest absolute Gasteiger partial charge is 0.465 e. The second-order valence-electron chi connectivity index (χ2n) is 5.28. The van der Waals surface area contributed by atoms with Crippen LogP contribution in [-0.4, -0.2) is 30.9 Å². The molecule has 0 spiro atoms. The standard InChI is InChI=1S/C14H18N2O3/c1-14(2)5-8-9(13(18)19-4)6-16-11(8)12(17)10(14)7-15-3/h6-7,15-16H,5H2,1-4H3/b10-7-. The van der Waals surface area contributed by atoms with Crippen LogP contribution in [0.5, 0.6) is 0 Å². The van der Waals surface area contributed by atoms with E-state index in [1.165, 1.54) is 7.11 Å². The minimum absolute atomic E-state index is 0.0734. The maximum absolute atomic E-state index is 12.5. The lowest BCUT2D eigenvalue weighted by molar-refractivity contribution is 0.0599. The minimum Gasteiger partial charge on any atom is -0.465 e. The number of hydrogen-bond donors (Lipinski definition) is 2. The number of carbonyl (C=O) groups excluding carboxylic acids is 2. The first-order valence-corrected chi connectivity index (χ1v) is 6.13. The van der Waals surface area contributed by atoms with Gasteiger partial charge >= 0.3 is 5.97 Å². The lowest BCUT2D eigenvalue weighted by Crippen LogP contribution is -2.32. The van der Waals surface area contributed by atoms with Crippen molar-refractivity contribution in [2.75, 3.05) is 14.2 Å². The lowest BCUT2D eigenvalue weighted by Gasteiger charge is -2.31. The van der Waals surface area contributed by atoms with E-state index in [0.717, 1.165) is 5.56 Å². The van der Waals surface area contributed by atoms with E-state index >= 15 is 0 Å². The number of rotatable bonds is 2. The number of carbonyl (C=O) groups is 2. The first-order chi connectivity index (χ1) is 8.92. The highest BCUT2D eigenvalue weighted by Crippen LogP contribution is 2.39. The van der Waals surface area contributed by atoms with Crippen LogP contribution in [0.2, 0.25) is 0 Å². The summed E-state index contributed by atoms with van der Waals surface area (Å²) in [5, 5.41) is 2.91. The topological polar surface area (TPSA) is 71.2 Å². The monoisotopic (exact) mass is 262 g/mol. The highest BCUT2D eigenvalue weighted by Gasteiger charge is 2.39. The quantitative estimate of drug-likeness (QED) is 0.628. The molecule has 0 saturated carbocycles. The highest BCUT2D eigenvalue weighted by molar-refractivity contribution is 6.12. The molecule has 2 N–H and O–H groups in total. The summed E-state index contributed by atoms with van der Waals surface area (Å²) >= 11 is 0. The predicted molar refractivity (Wildman–Crippen MR) is 71.1 cm³/mol. The van der Waals surface area contributed by atoms with Gasteiger partial charge in [0, 0.05) is 25.0 Å². The molecule has 1 aliphatic carbocycles. The Morgan fingerprint density at radius 1 is 1.53 bits per heavy atom. The number of nitrogens with one attached hydrogen (secondary N) is 2. The minimum atomic E-state index is -0.415. The second kappa shape index (κ2) is 4.57. The van der Waals surface area contributed by atoms with Crippen molar-refractivity contribution in [2.24, 2.45) is 5.41 Å². The van der Waals surface area contributed by atoms with Gasteiger partial charge in [-0.15, -0.1) is 0 Å². The van der Waals surface area contributed by atoms with Gasteiger partial charge in [0.2, 0.25) is 5.78 Å². The van der Waals surface area contributed by atoms with E-state index < -0.39 is 5.97 Å². The molecule has 1 aliphatic rings. The lowest BCUT2D eigenvalue weighted by atomic mass is 9.71. The number of methoxy groups -OCH3 is 1. The number of allylic oxidation sites excluding steroid dienone is 1. The zero-order valence-corrected chi connectivity index (χ0v) is 11.6. The van der Waals surface area contributed by atoms with Gasteiger partial charge in [-0.1, -0.05) is 13.8 Å². The maximum Gasteiger partial charge on any atom is 0.339 e. The molecular weight excluding hydrogens is 244 g/mol. The number of hydrogen-bond acceptors (Lipinski definition) is 4. The third-order valence-electron chi connectivity index (χ3n) is 3.50. The fourth-order valence-corrected chi connectivity index (χ4v) is 2.52. The summed E-state index contributed by atoms with van der Waals surface area (Å²) in [5.74, 6) is -0.488. The van der Waals surface area contributed by atoms with Gasteiger partial charge in [0.1, 0.15) is 0 Å². The molecule has 1 aromatic rings. The van der Waals surface area contributed by atoms with Gasteiger partial charge in [-0.25, -0.2) is 4.79 Å². The number of H-pyrrole nitrogens is 1. The van der Waals surface area contributed by atoms with Crippen molar-refractivity contribution >= 4 is 11.8 Å². The molecule has 5 heteroatoms. The summed E-state index contributed by atoms with van der Waals surface area (Å²) in [4.78, 5) is 27.0. The van der Waals surface area contributed by atoms with Crippen molar-refractivity contribution in [3.8, 4) is 0 Å². The van der Waals surface area contributed by atoms with Gasteiger partial charge in [-0.3, -0.25) is 4.79 Å². The molecule has 0 radical (unpaired) electrons. The van der Waals surface area contributed by atoms with Crippen LogP contribution >= 0.6 is 0 Å². The molecule has 0 atom stereocenters. The van der Waals surface area contributed by atoms with Crippen LogP contribution < -0.4 is 5.32 Å². The third-order valence-corrected chi connectivity index (χ3v) is 3.50. The summed E-state index contributed by atoms with van der Waals surface area (Å²) < 4.78 is 4.74. The van der Waals surface area contributed by atoms with Crippen LogP contribution in [0.1, 0.15) is 40.3 Å². The second-order valence-corrected chi connectivity index (χ2v) is 5.28. The molecule has 0 fully saturated rings. The summed E-state index contributed by atoms with van der Waals surface area (Å²) in [7, 11) is 3.10. The van der Waals surface area contributed by atoms with Crippen LogP contribution in [0.15, 0.2) is 18.0 Å². The molecule has 0 aromatic carbocycles. The molecule has 19 heavy (non-hydrogen) atoms. The van der Waals surface area contributed by atoms with Crippen molar-refractivity contribution in [1.29, 1.82) is 0 Å². The Balaban J connectivity index is 2.56. The van der Waals surface area contributed by atoms with Crippen LogP contribution in [-0.2, 0) is 11.2 Å². The van der Waals surface area contributed by atoms with Crippen molar-refractivity contribution in [3.05, 3.63) is 34.8 Å². The average Bonchev–Trinajstić information content (AvgIpc) is 2.76. The van der Waals surface area contributed by atoms with Crippen molar-refractivity contribution < 1.29 is 14.3 Å². The Hall–Kier alpha value is -2.04. The van der Waals surface area contributed by atoms with E-state index in [9.17, 15) is 9.59 Å². The normalized spacial score (nSPS) is 19.2. The molecule has 0 bridgehead atoms. The molecular formula is C14H18N2O3. The van der Waals surface area contributed by atoms with Crippen LogP contribution in [0.4, 0.5) is 0 Å². The maximum atomic E-state index is 12.5. The smallest absolute Gasteiger partial charge is 0.339 e. The predicted octanol–water partition coefficient (Wildman–Crippen LogP) is 1.67. The van der Waals surface area contributed by atoms with E-state index in [1.807, 2.05) is 13.8 Å². The van der Waals surface area contributed by atoms with Crippen LogP contribution in [0, 0.1) is 5.41 Å². The first-order valence-electron chi connectivity index (χ1n) is 6.13. The first kappa shape index (κ1) is 13.4. The van der Waals surface area contributed by atoms with Crippen molar-refractivity contribution in [2.45, 2.75) is 20.3 Å². The molecule has 5 nitrogen and oxygen atoms in total. The number of esters is 1. The molecule has 0 aliphatic heterocycles. The van der Waals surface area contributed by atoms with Crippen LogP contribution in [0.25, 0.3) is 0 Å². The van der Waals surface area contributed by atoms with E-state index in [2.05, 4.69) is 10.3 Å². The Labute approximate surface area is 112 Å². The fourth-order valence-electron chi connectivity index (χ4n) is 2.52. The van der Waals surface area contributed by atoms with Gasteiger partial charge in [0.25, 0.3) is 0 Å². The Kier molecular flexibility index (Phi) is 3.22. The third kappa shape index (κ3) is 2.05. The number of ether oxygens (including phenoxy) is 1. The molecule has 0 unspecified atom stereocenters. The van der Waals surface area contributed by atoms with E-state index in [0.29, 0.717) is 23.3 Å². The SMILES string of the molecule is CN/C=C1/C(=O)c2[nH]cc(C(=O)OC)c2CC1(C)C. The van der Waals surface area contributed by atoms with Crippen molar-refractivity contribution in [3.63, 3.8) is 0 Å². The molecule has 102 valence electrons. The van der Waals surface area contributed by atoms with Crippen molar-refractivity contribution in [1.82, 2.24) is 10.3 Å². The zero-order chi connectivity index (χ0) is 14.2. The fraction of sp³-hybridized carbons (Fsp3) is 0.429. The Morgan fingerprint density at radius 2 is 2.21 bits per heavy atom. The molecule has 2 rings (SSSR count). The van der Waals surface area contributed by atoms with E-state index in [1.54, 1.807) is 19.4 Å². The molecule has 1 heterocycles. The highest BCUT2D eigenvalue weighted by atomic mass is 16.5. The van der Waals surface area contributed by atoms with Crippen LogP contribution in [0.3, 0.4) is 0 Å². The number of ketones is 1. The zero-order valence-electron chi connectivity index (χ0n) is 11.6. The molecule has 0 amide bonds. The van der Waals surface area contributed by atoms with Gasteiger partial charge in [0.15, 0.2) is 0 Å². The number of Topliss-reactive ketones (excluding diaryl/α,β-unsaturated/α-hetero) is 1. The van der Waals surface area contributed by atoms with Gasteiger partial charge in [0.05, 0.1) is 18.4 Å². The summed E-state index contributed by atoms with van der Waals surface area (Å²) in [5.41, 5.74) is 2.07. The van der Waals surface area contributed by atoms with Gasteiger partial charge in [-0.2, -0.15) is 0 Å². The number of aromatic nitrogens is 1. The number of aromatic amines is 1. The summed E-state index contributed by atoms with van der Waals surface area (Å²) in [6.45, 7) is 3.98. The molecule has 0 saturated heterocycles. The summed E-state index contributed by atoms with van der Waals surface area (Å²) in [6, 6.07) is 0. The number of fused-ring (bicyclic) bond motifs is 1. The average molecular weight is 262 g/mol. The van der Waals surface area contributed by atoms with E-state index in [-0.39, 0.29) is 11.2 Å². The van der Waals surface area contributed by atoms with E-state index in [4.69, 9.17) is 4.74 Å². The summed E-state index contributed by atoms with van der Waals surface area (Å²) in [6.07, 6.45) is 3.90. The Morgan fingerprint density at radius 3 is 2.79 bits per heavy atom. The molecule has 1 aromatic heterocycles.